The molecule has 4 heteroatoms. The summed E-state index contributed by atoms with van der Waals surface area (Å²) in [4.78, 5) is 14.2. The predicted octanol–water partition coefficient (Wildman–Crippen LogP) is -0.523. The molecule has 7 heavy (non-hydrogen) atoms. The topological polar surface area (TPSA) is 50.4 Å². The Morgan fingerprint density at radius 1 is 1.57 bits per heavy atom. The van der Waals surface area contributed by atoms with E-state index in [0.29, 0.717) is 0 Å². The molecule has 0 aliphatic carbocycles. The zero-order chi connectivity index (χ0) is 5.70. The first-order valence-corrected chi connectivity index (χ1v) is 1.86. The Morgan fingerprint density at radius 3 is 2.29 bits per heavy atom. The molecule has 0 unspecified atom stereocenters. The molecule has 0 fully saturated rings. The smallest absolute Gasteiger partial charge is 0.354 e. The molecule has 0 aliphatic heterocycles. The van der Waals surface area contributed by atoms with Crippen molar-refractivity contribution >= 4 is 6.09 Å². The van der Waals surface area contributed by atoms with Crippen molar-refractivity contribution in [2.45, 2.75) is 0 Å². The summed E-state index contributed by atoms with van der Waals surface area (Å²) < 4.78 is 0. The third-order valence-electron chi connectivity index (χ3n) is 0.399. The summed E-state index contributed by atoms with van der Waals surface area (Å²) in [5.74, 6) is 0. The standard InChI is InChI=1S/C3H8N2O2/c1-4-3(6)7-5-2/h5H,1-2H3,(H,4,6). The van der Waals surface area contributed by atoms with Gasteiger partial charge in [-0.25, -0.2) is 4.79 Å². The van der Waals surface area contributed by atoms with Gasteiger partial charge in [-0.2, -0.15) is 5.48 Å². The molecule has 0 bridgehead atoms. The van der Waals surface area contributed by atoms with Crippen LogP contribution in [0.3, 0.4) is 0 Å². The van der Waals surface area contributed by atoms with Crippen molar-refractivity contribution in [3.05, 3.63) is 0 Å². The van der Waals surface area contributed by atoms with Crippen LogP contribution >= 0.6 is 0 Å². The zero-order valence-electron chi connectivity index (χ0n) is 4.32. The van der Waals surface area contributed by atoms with Crippen molar-refractivity contribution in [2.24, 2.45) is 0 Å². The monoisotopic (exact) mass is 104 g/mol. The second kappa shape index (κ2) is 3.42. The molecule has 42 valence electrons. The highest BCUT2D eigenvalue weighted by Gasteiger charge is 1.89. The molecule has 4 nitrogen and oxygen atoms in total. The van der Waals surface area contributed by atoms with Crippen LogP contribution < -0.4 is 10.8 Å². The molecule has 0 aromatic heterocycles. The van der Waals surface area contributed by atoms with E-state index in [2.05, 4.69) is 15.6 Å². The maximum atomic E-state index is 10.0. The summed E-state index contributed by atoms with van der Waals surface area (Å²) >= 11 is 0. The van der Waals surface area contributed by atoms with Gasteiger partial charge in [0, 0.05) is 14.1 Å². The van der Waals surface area contributed by atoms with Gasteiger partial charge in [0.25, 0.3) is 0 Å². The zero-order valence-corrected chi connectivity index (χ0v) is 4.32. The number of amides is 1. The third kappa shape index (κ3) is 3.05. The van der Waals surface area contributed by atoms with Crippen molar-refractivity contribution in [1.29, 1.82) is 0 Å². The maximum Gasteiger partial charge on any atom is 0.425 e. The van der Waals surface area contributed by atoms with E-state index in [4.69, 9.17) is 0 Å². The van der Waals surface area contributed by atoms with Crippen molar-refractivity contribution in [2.75, 3.05) is 14.1 Å². The van der Waals surface area contributed by atoms with Crippen LogP contribution in [0.4, 0.5) is 4.79 Å². The average molecular weight is 104 g/mol. The summed E-state index contributed by atoms with van der Waals surface area (Å²) in [7, 11) is 2.99. The lowest BCUT2D eigenvalue weighted by Gasteiger charge is -1.96. The quantitative estimate of drug-likeness (QED) is 0.440. The highest BCUT2D eigenvalue weighted by Crippen LogP contribution is 1.62. The maximum absolute atomic E-state index is 10.0. The lowest BCUT2D eigenvalue weighted by atomic mass is 11.1. The van der Waals surface area contributed by atoms with Gasteiger partial charge >= 0.3 is 6.09 Å². The van der Waals surface area contributed by atoms with Crippen LogP contribution in [0.5, 0.6) is 0 Å². The van der Waals surface area contributed by atoms with Crippen LogP contribution in [0.15, 0.2) is 0 Å². The molecule has 0 spiro atoms. The SMILES string of the molecule is CNOC(=O)NC. The minimum absolute atomic E-state index is 0.484. The van der Waals surface area contributed by atoms with Crippen LogP contribution in [-0.2, 0) is 4.84 Å². The Kier molecular flexibility index (Phi) is 3.04. The number of hydrogen-bond donors (Lipinski definition) is 2. The van der Waals surface area contributed by atoms with Gasteiger partial charge in [0.15, 0.2) is 0 Å². The minimum Gasteiger partial charge on any atom is -0.354 e. The summed E-state index contributed by atoms with van der Waals surface area (Å²) in [5.41, 5.74) is 2.21. The molecular weight excluding hydrogens is 96.0 g/mol. The van der Waals surface area contributed by atoms with E-state index in [1.54, 1.807) is 0 Å². The first-order chi connectivity index (χ1) is 3.31. The van der Waals surface area contributed by atoms with Crippen molar-refractivity contribution in [3.8, 4) is 0 Å². The summed E-state index contributed by atoms with van der Waals surface area (Å²) in [6.07, 6.45) is -0.484. The first kappa shape index (κ1) is 6.23. The van der Waals surface area contributed by atoms with Crippen molar-refractivity contribution in [1.82, 2.24) is 10.8 Å². The van der Waals surface area contributed by atoms with Gasteiger partial charge in [0.2, 0.25) is 0 Å². The normalized spacial score (nSPS) is 7.71. The van der Waals surface area contributed by atoms with E-state index in [1.807, 2.05) is 0 Å². The summed E-state index contributed by atoms with van der Waals surface area (Å²) in [6, 6.07) is 0. The Bertz CT molecular complexity index is 64.0. The van der Waals surface area contributed by atoms with Gasteiger partial charge < -0.3 is 10.2 Å². The number of rotatable bonds is 1. The molecule has 0 heterocycles. The van der Waals surface area contributed by atoms with Crippen molar-refractivity contribution < 1.29 is 9.63 Å². The second-order valence-corrected chi connectivity index (χ2v) is 0.844. The minimum atomic E-state index is -0.484. The molecule has 2 N–H and O–H groups in total. The molecule has 0 aliphatic rings. The Morgan fingerprint density at radius 2 is 2.14 bits per heavy atom. The number of carbonyl (C=O) groups is 1. The lowest BCUT2D eigenvalue weighted by molar-refractivity contribution is 0.104. The van der Waals surface area contributed by atoms with E-state index < -0.39 is 6.09 Å². The molecule has 0 aromatic rings. The van der Waals surface area contributed by atoms with Gasteiger partial charge in [-0.15, -0.1) is 0 Å². The van der Waals surface area contributed by atoms with Gasteiger partial charge in [-0.1, -0.05) is 0 Å². The summed E-state index contributed by atoms with van der Waals surface area (Å²) in [5, 5.41) is 2.24. The molecule has 0 atom stereocenters. The number of nitrogens with one attached hydrogen (secondary N) is 2. The molecule has 0 saturated heterocycles. The van der Waals surface area contributed by atoms with Gasteiger partial charge in [0.1, 0.15) is 0 Å². The van der Waals surface area contributed by atoms with Gasteiger partial charge in [0.05, 0.1) is 0 Å². The van der Waals surface area contributed by atoms with Crippen LogP contribution in [0.25, 0.3) is 0 Å². The van der Waals surface area contributed by atoms with E-state index in [-0.39, 0.29) is 0 Å². The van der Waals surface area contributed by atoms with E-state index in [0.717, 1.165) is 0 Å². The largest absolute Gasteiger partial charge is 0.425 e. The van der Waals surface area contributed by atoms with E-state index >= 15 is 0 Å². The average Bonchev–Trinajstić information content (AvgIpc) is 1.68. The van der Waals surface area contributed by atoms with Crippen LogP contribution in [0, 0.1) is 0 Å². The molecular formula is C3H8N2O2. The highest BCUT2D eigenvalue weighted by molar-refractivity contribution is 5.66. The van der Waals surface area contributed by atoms with E-state index in [9.17, 15) is 4.79 Å². The Labute approximate surface area is 41.8 Å². The predicted molar refractivity (Wildman–Crippen MR) is 24.6 cm³/mol. The Hall–Kier alpha value is -0.770. The lowest BCUT2D eigenvalue weighted by Crippen LogP contribution is -2.24. The van der Waals surface area contributed by atoms with Crippen LogP contribution in [0.2, 0.25) is 0 Å². The third-order valence-corrected chi connectivity index (χ3v) is 0.399. The molecule has 1 amide bonds. The number of hydrogen-bond acceptors (Lipinski definition) is 3. The molecule has 0 rings (SSSR count). The fourth-order valence-electron chi connectivity index (χ4n) is 0.144. The fraction of sp³-hybridized carbons (Fsp3) is 0.667. The van der Waals surface area contributed by atoms with Crippen LogP contribution in [-0.4, -0.2) is 20.2 Å². The molecule has 0 saturated carbocycles. The highest BCUT2D eigenvalue weighted by atomic mass is 16.7. The second-order valence-electron chi connectivity index (χ2n) is 0.844. The number of hydroxylamine groups is 1. The van der Waals surface area contributed by atoms with Crippen LogP contribution in [0.1, 0.15) is 0 Å². The Balaban J connectivity index is 3.00. The number of carbonyl (C=O) groups excluding carboxylic acids is 1. The molecule has 0 radical (unpaired) electrons. The van der Waals surface area contributed by atoms with Crippen molar-refractivity contribution in [3.63, 3.8) is 0 Å². The van der Waals surface area contributed by atoms with E-state index in [1.165, 1.54) is 14.1 Å². The molecule has 0 aromatic carbocycles. The van der Waals surface area contributed by atoms with Gasteiger partial charge in [-0.3, -0.25) is 0 Å². The van der Waals surface area contributed by atoms with Gasteiger partial charge in [-0.05, 0) is 0 Å². The first-order valence-electron chi connectivity index (χ1n) is 1.86. The fourth-order valence-corrected chi connectivity index (χ4v) is 0.144. The summed E-state index contributed by atoms with van der Waals surface area (Å²) in [6.45, 7) is 0.